The Labute approximate surface area is 202 Å². The largest absolute Gasteiger partial charge is 0.270 e. The highest BCUT2D eigenvalue weighted by Gasteiger charge is 2.21. The van der Waals surface area contributed by atoms with Gasteiger partial charge < -0.3 is 0 Å². The summed E-state index contributed by atoms with van der Waals surface area (Å²) >= 11 is 0. The van der Waals surface area contributed by atoms with Gasteiger partial charge in [0.05, 0.1) is 0 Å². The van der Waals surface area contributed by atoms with Gasteiger partial charge >= 0.3 is 0 Å². The van der Waals surface area contributed by atoms with Crippen LogP contribution in [0.3, 0.4) is 0 Å². The van der Waals surface area contributed by atoms with E-state index in [-0.39, 0.29) is 0 Å². The fourth-order valence-electron chi connectivity index (χ4n) is 4.30. The summed E-state index contributed by atoms with van der Waals surface area (Å²) in [5.41, 5.74) is 10.2. The van der Waals surface area contributed by atoms with Crippen molar-refractivity contribution in [3.05, 3.63) is 94.1 Å². The Morgan fingerprint density at radius 3 is 2.39 bits per heavy atom. The van der Waals surface area contributed by atoms with E-state index in [0.717, 1.165) is 43.7 Å². The quantitative estimate of drug-likeness (QED) is 0.385. The van der Waals surface area contributed by atoms with Crippen molar-refractivity contribution < 1.29 is 0 Å². The molecule has 0 amide bonds. The van der Waals surface area contributed by atoms with E-state index in [0.29, 0.717) is 0 Å². The summed E-state index contributed by atoms with van der Waals surface area (Å²) in [5.74, 6) is 0.843. The molecule has 0 aromatic heterocycles. The first-order valence-corrected chi connectivity index (χ1v) is 12.6. The molecule has 2 aliphatic rings. The van der Waals surface area contributed by atoms with Crippen molar-refractivity contribution in [1.82, 2.24) is 0 Å². The predicted octanol–water partition coefficient (Wildman–Crippen LogP) is 8.57. The number of aliphatic imine (C=N–C) groups is 2. The average Bonchev–Trinajstić information content (AvgIpc) is 2.85. The van der Waals surface area contributed by atoms with Crippen molar-refractivity contribution in [2.24, 2.45) is 9.98 Å². The van der Waals surface area contributed by atoms with E-state index in [1.807, 2.05) is 27.8 Å². The maximum Gasteiger partial charge on any atom is 0.155 e. The molecular weight excluding hydrogens is 400 g/mol. The zero-order valence-electron chi connectivity index (χ0n) is 21.7. The van der Waals surface area contributed by atoms with E-state index >= 15 is 0 Å². The molecule has 176 valence electrons. The molecule has 0 radical (unpaired) electrons. The topological polar surface area (TPSA) is 24.7 Å². The second-order valence-electron chi connectivity index (χ2n) is 8.65. The molecule has 0 unspecified atom stereocenters. The Morgan fingerprint density at radius 2 is 1.79 bits per heavy atom. The normalized spacial score (nSPS) is 18.1. The minimum absolute atomic E-state index is 0.843. The highest BCUT2D eigenvalue weighted by atomic mass is 14.9. The van der Waals surface area contributed by atoms with Crippen LogP contribution in [0.4, 0.5) is 0 Å². The number of amidine groups is 1. The minimum atomic E-state index is 0.843. The number of benzene rings is 1. The zero-order chi connectivity index (χ0) is 24.2. The lowest BCUT2D eigenvalue weighted by atomic mass is 9.87. The highest BCUT2D eigenvalue weighted by molar-refractivity contribution is 6.16. The fourth-order valence-corrected chi connectivity index (χ4v) is 4.30. The summed E-state index contributed by atoms with van der Waals surface area (Å²) in [5, 5.41) is 0. The Hall–Kier alpha value is -2.74. The first-order valence-electron chi connectivity index (χ1n) is 12.6. The zero-order valence-corrected chi connectivity index (χ0v) is 21.7. The van der Waals surface area contributed by atoms with Crippen LogP contribution < -0.4 is 0 Å². The molecule has 0 atom stereocenters. The Morgan fingerprint density at radius 1 is 1.09 bits per heavy atom. The van der Waals surface area contributed by atoms with E-state index in [2.05, 4.69) is 74.0 Å². The van der Waals surface area contributed by atoms with E-state index in [1.54, 1.807) is 0 Å². The monoisotopic (exact) mass is 442 g/mol. The highest BCUT2D eigenvalue weighted by Crippen LogP contribution is 2.31. The third-order valence-corrected chi connectivity index (χ3v) is 6.04. The first-order chi connectivity index (χ1) is 16.0. The number of hydrogen-bond acceptors (Lipinski definition) is 1. The van der Waals surface area contributed by atoms with Crippen molar-refractivity contribution >= 4 is 11.5 Å². The third-order valence-electron chi connectivity index (χ3n) is 6.04. The minimum Gasteiger partial charge on any atom is -0.270 e. The lowest BCUT2D eigenvalue weighted by Gasteiger charge is -2.21. The molecule has 1 aliphatic heterocycles. The number of hydrogen-bond donors (Lipinski definition) is 0. The molecule has 0 saturated heterocycles. The van der Waals surface area contributed by atoms with Gasteiger partial charge in [0.25, 0.3) is 0 Å². The van der Waals surface area contributed by atoms with Crippen molar-refractivity contribution in [2.45, 2.75) is 79.6 Å². The number of aryl methyl sites for hydroxylation is 1. The molecule has 0 spiro atoms. The van der Waals surface area contributed by atoms with E-state index in [4.69, 9.17) is 4.99 Å². The van der Waals surface area contributed by atoms with Crippen LogP contribution in [0.15, 0.2) is 93.0 Å². The summed E-state index contributed by atoms with van der Waals surface area (Å²) in [7, 11) is 1.83. The predicted molar refractivity (Wildman–Crippen MR) is 148 cm³/mol. The molecule has 2 heteroatoms. The van der Waals surface area contributed by atoms with Crippen molar-refractivity contribution in [1.29, 1.82) is 0 Å². The Bertz CT molecular complexity index is 992. The van der Waals surface area contributed by atoms with E-state index in [9.17, 15) is 0 Å². The number of rotatable bonds is 8. The molecule has 0 fully saturated rings. The lowest BCUT2D eigenvalue weighted by molar-refractivity contribution is 0.902. The number of nitrogens with zero attached hydrogens (tertiary/aromatic N) is 2. The summed E-state index contributed by atoms with van der Waals surface area (Å²) in [6.45, 7) is 14.8. The second-order valence-corrected chi connectivity index (χ2v) is 8.65. The average molecular weight is 443 g/mol. The molecule has 1 aliphatic carbocycles. The molecule has 0 bridgehead atoms. The van der Waals surface area contributed by atoms with Gasteiger partial charge in [0.15, 0.2) is 5.84 Å². The van der Waals surface area contributed by atoms with Gasteiger partial charge in [0.1, 0.15) is 0 Å². The van der Waals surface area contributed by atoms with E-state index < -0.39 is 0 Å². The van der Waals surface area contributed by atoms with Crippen LogP contribution in [0.2, 0.25) is 0 Å². The van der Waals surface area contributed by atoms with Gasteiger partial charge in [-0.25, -0.2) is 4.99 Å². The van der Waals surface area contributed by atoms with Gasteiger partial charge in [-0.3, -0.25) is 4.99 Å². The first kappa shape index (κ1) is 26.5. The van der Waals surface area contributed by atoms with Crippen molar-refractivity contribution in [3.8, 4) is 0 Å². The molecule has 2 nitrogen and oxygen atoms in total. The number of dihydropyridines is 1. The summed E-state index contributed by atoms with van der Waals surface area (Å²) in [6.07, 6.45) is 16.4. The van der Waals surface area contributed by atoms with Crippen LogP contribution in [-0.2, 0) is 12.8 Å². The Kier molecular flexibility index (Phi) is 11.0. The van der Waals surface area contributed by atoms with Gasteiger partial charge in [-0.2, -0.15) is 0 Å². The molecule has 0 saturated carbocycles. The van der Waals surface area contributed by atoms with Gasteiger partial charge in [0.2, 0.25) is 0 Å². The second kappa shape index (κ2) is 13.7. The summed E-state index contributed by atoms with van der Waals surface area (Å²) in [6, 6.07) is 9.16. The van der Waals surface area contributed by atoms with Crippen LogP contribution in [0.5, 0.6) is 0 Å². The molecule has 1 heterocycles. The molecule has 3 rings (SSSR count). The van der Waals surface area contributed by atoms with Crippen LogP contribution in [-0.4, -0.2) is 18.6 Å². The molecular formula is C31H42N2. The molecule has 33 heavy (non-hydrogen) atoms. The maximum absolute atomic E-state index is 4.70. The molecule has 1 aromatic carbocycles. The maximum atomic E-state index is 4.70. The van der Waals surface area contributed by atoms with Gasteiger partial charge in [-0.15, -0.1) is 0 Å². The fraction of sp³-hybridized carbons (Fsp3) is 0.419. The molecule has 1 aromatic rings. The Balaban J connectivity index is 0.00000187. The van der Waals surface area contributed by atoms with E-state index in [1.165, 1.54) is 51.8 Å². The van der Waals surface area contributed by atoms with Gasteiger partial charge in [0, 0.05) is 18.3 Å². The van der Waals surface area contributed by atoms with Crippen LogP contribution in [0, 0.1) is 0 Å². The van der Waals surface area contributed by atoms with Crippen LogP contribution in [0.25, 0.3) is 0 Å². The van der Waals surface area contributed by atoms with Crippen molar-refractivity contribution in [2.75, 3.05) is 7.05 Å². The smallest absolute Gasteiger partial charge is 0.155 e. The van der Waals surface area contributed by atoms with Gasteiger partial charge in [-0.05, 0) is 80.7 Å². The van der Waals surface area contributed by atoms with Crippen molar-refractivity contribution in [3.63, 3.8) is 0 Å². The van der Waals surface area contributed by atoms with Crippen LogP contribution >= 0.6 is 0 Å². The van der Waals surface area contributed by atoms with Crippen LogP contribution in [0.1, 0.15) is 77.8 Å². The number of allylic oxidation sites excluding steroid dienone is 7. The lowest BCUT2D eigenvalue weighted by Crippen LogP contribution is -2.15. The summed E-state index contributed by atoms with van der Waals surface area (Å²) in [4.78, 5) is 9.19. The summed E-state index contributed by atoms with van der Waals surface area (Å²) < 4.78 is 0. The SMILES string of the molecule is C=C(CCC)C1=CC(C)=NC(=NC)/C1=C(/C)CCc1ccc(CC2=CC=CCC2)cc1.CC. The third kappa shape index (κ3) is 7.67. The molecule has 0 N–H and O–H groups in total. The van der Waals surface area contributed by atoms with Gasteiger partial charge in [-0.1, -0.05) is 87.4 Å². The standard InChI is InChI=1S/C29H36N2.C2H6/c1-6-10-21(2)27-19-23(4)31-29(30-5)28(27)22(3)13-14-24-15-17-26(18-16-24)20-25-11-8-7-9-12-25;1-2/h7-8,11,15-19H,2,6,9-10,12-14,20H2,1,3-5H3;1-2H3/b28-22-,30-29?;.